The van der Waals surface area contributed by atoms with Crippen molar-refractivity contribution in [2.75, 3.05) is 5.32 Å². The Kier molecular flexibility index (Phi) is 7.57. The molecular formula is C24H25ClN4O. The Morgan fingerprint density at radius 3 is 2.50 bits per heavy atom. The standard InChI is InChI=1S/C24H25ClN4O/c1-3-17(2)19-7-9-22(10-8-19)28-24(27-16-18-11-13-26-14-12-18)29-23(30)20-5-4-6-21(25)15-20/h4-15,17H,3,16H2,1-2H3,(H2,27,28,29,30)/t17-/m1/s1. The Morgan fingerprint density at radius 1 is 1.10 bits per heavy atom. The number of anilines is 1. The maximum absolute atomic E-state index is 12.7. The highest BCUT2D eigenvalue weighted by Gasteiger charge is 2.10. The molecule has 3 rings (SSSR count). The second-order valence-electron chi connectivity index (χ2n) is 7.04. The molecule has 0 unspecified atom stereocenters. The summed E-state index contributed by atoms with van der Waals surface area (Å²) in [6, 6.07) is 18.8. The van der Waals surface area contributed by atoms with E-state index in [1.54, 1.807) is 36.7 Å². The van der Waals surface area contributed by atoms with Crippen LogP contribution in [-0.2, 0) is 6.54 Å². The molecule has 1 heterocycles. The maximum Gasteiger partial charge on any atom is 0.258 e. The van der Waals surface area contributed by atoms with Gasteiger partial charge in [-0.2, -0.15) is 0 Å². The molecule has 2 N–H and O–H groups in total. The highest BCUT2D eigenvalue weighted by molar-refractivity contribution is 6.31. The summed E-state index contributed by atoms with van der Waals surface area (Å²) in [5, 5.41) is 6.58. The number of carbonyl (C=O) groups is 1. The van der Waals surface area contributed by atoms with Gasteiger partial charge in [-0.1, -0.05) is 43.6 Å². The van der Waals surface area contributed by atoms with Crippen molar-refractivity contribution in [3.05, 3.63) is 94.8 Å². The Morgan fingerprint density at radius 2 is 1.83 bits per heavy atom. The number of hydrogen-bond acceptors (Lipinski definition) is 3. The van der Waals surface area contributed by atoms with Gasteiger partial charge in [0.15, 0.2) is 0 Å². The lowest BCUT2D eigenvalue weighted by Crippen LogP contribution is -2.36. The van der Waals surface area contributed by atoms with Gasteiger partial charge in [-0.25, -0.2) is 4.99 Å². The van der Waals surface area contributed by atoms with Crippen molar-refractivity contribution in [2.24, 2.45) is 4.99 Å². The predicted molar refractivity (Wildman–Crippen MR) is 123 cm³/mol. The average Bonchev–Trinajstić information content (AvgIpc) is 2.78. The van der Waals surface area contributed by atoms with E-state index in [2.05, 4.69) is 46.6 Å². The summed E-state index contributed by atoms with van der Waals surface area (Å²) >= 11 is 6.02. The Labute approximate surface area is 182 Å². The molecule has 154 valence electrons. The third-order valence-electron chi connectivity index (χ3n) is 4.84. The quantitative estimate of drug-likeness (QED) is 0.400. The van der Waals surface area contributed by atoms with Crippen LogP contribution in [0.2, 0.25) is 5.02 Å². The summed E-state index contributed by atoms with van der Waals surface area (Å²) in [5.41, 5.74) is 3.59. The van der Waals surface area contributed by atoms with Crippen molar-refractivity contribution in [1.82, 2.24) is 10.3 Å². The summed E-state index contributed by atoms with van der Waals surface area (Å²) in [7, 11) is 0. The summed E-state index contributed by atoms with van der Waals surface area (Å²) in [5.74, 6) is 0.587. The number of carbonyl (C=O) groups excluding carboxylic acids is 1. The topological polar surface area (TPSA) is 66.4 Å². The van der Waals surface area contributed by atoms with Gasteiger partial charge in [0.2, 0.25) is 5.96 Å². The lowest BCUT2D eigenvalue weighted by molar-refractivity contribution is 0.0977. The van der Waals surface area contributed by atoms with Crippen LogP contribution in [0, 0.1) is 0 Å². The lowest BCUT2D eigenvalue weighted by Gasteiger charge is -2.14. The fourth-order valence-corrected chi connectivity index (χ4v) is 3.04. The molecule has 6 heteroatoms. The zero-order valence-electron chi connectivity index (χ0n) is 17.1. The van der Waals surface area contributed by atoms with Gasteiger partial charge in [-0.15, -0.1) is 0 Å². The predicted octanol–water partition coefficient (Wildman–Crippen LogP) is 5.65. The van der Waals surface area contributed by atoms with Crippen molar-refractivity contribution < 1.29 is 4.79 Å². The van der Waals surface area contributed by atoms with Crippen LogP contribution in [0.4, 0.5) is 5.69 Å². The molecule has 0 bridgehead atoms. The molecule has 0 aliphatic carbocycles. The average molecular weight is 421 g/mol. The SMILES string of the molecule is CC[C@@H](C)c1ccc(NC(=NCc2ccncc2)NC(=O)c2cccc(Cl)c2)cc1. The molecule has 3 aromatic rings. The number of aromatic nitrogens is 1. The van der Waals surface area contributed by atoms with Gasteiger partial charge >= 0.3 is 0 Å². The molecule has 1 aromatic heterocycles. The first-order valence-corrected chi connectivity index (χ1v) is 10.3. The van der Waals surface area contributed by atoms with Gasteiger partial charge in [0, 0.05) is 28.7 Å². The molecule has 5 nitrogen and oxygen atoms in total. The van der Waals surface area contributed by atoms with Gasteiger partial charge in [-0.05, 0) is 65.9 Å². The highest BCUT2D eigenvalue weighted by Crippen LogP contribution is 2.20. The minimum atomic E-state index is -0.283. The number of nitrogens with zero attached hydrogens (tertiary/aromatic N) is 2. The number of hydrogen-bond donors (Lipinski definition) is 2. The zero-order chi connectivity index (χ0) is 21.3. The fourth-order valence-electron chi connectivity index (χ4n) is 2.85. The third kappa shape index (κ3) is 6.16. The van der Waals surface area contributed by atoms with E-state index < -0.39 is 0 Å². The monoisotopic (exact) mass is 420 g/mol. The van der Waals surface area contributed by atoms with Gasteiger partial charge in [0.1, 0.15) is 0 Å². The number of halogens is 1. The smallest absolute Gasteiger partial charge is 0.258 e. The van der Waals surface area contributed by atoms with Crippen LogP contribution >= 0.6 is 11.6 Å². The van der Waals surface area contributed by atoms with Gasteiger partial charge in [0.25, 0.3) is 5.91 Å². The molecule has 2 aromatic carbocycles. The first-order valence-electron chi connectivity index (χ1n) is 9.92. The summed E-state index contributed by atoms with van der Waals surface area (Å²) in [6.07, 6.45) is 4.52. The molecule has 0 saturated heterocycles. The van der Waals surface area contributed by atoms with Crippen LogP contribution in [0.5, 0.6) is 0 Å². The van der Waals surface area contributed by atoms with E-state index in [1.165, 1.54) is 5.56 Å². The summed E-state index contributed by atoms with van der Waals surface area (Å²) in [6.45, 7) is 4.78. The second kappa shape index (κ2) is 10.6. The summed E-state index contributed by atoms with van der Waals surface area (Å²) in [4.78, 5) is 21.3. The van der Waals surface area contributed by atoms with Crippen LogP contribution in [0.3, 0.4) is 0 Å². The largest absolute Gasteiger partial charge is 0.326 e. The second-order valence-corrected chi connectivity index (χ2v) is 7.48. The molecule has 0 aliphatic rings. The van der Waals surface area contributed by atoms with Crippen molar-refractivity contribution >= 4 is 29.2 Å². The van der Waals surface area contributed by atoms with Gasteiger partial charge < -0.3 is 5.32 Å². The zero-order valence-corrected chi connectivity index (χ0v) is 17.9. The number of pyridine rings is 1. The van der Waals surface area contributed by atoms with Gasteiger partial charge in [-0.3, -0.25) is 15.1 Å². The Balaban J connectivity index is 1.79. The Bertz CT molecular complexity index is 1000. The van der Waals surface area contributed by atoms with Crippen LogP contribution in [0.1, 0.15) is 47.7 Å². The van der Waals surface area contributed by atoms with E-state index in [1.807, 2.05) is 24.3 Å². The van der Waals surface area contributed by atoms with E-state index >= 15 is 0 Å². The minimum absolute atomic E-state index is 0.283. The molecule has 0 aliphatic heterocycles. The number of aliphatic imine (C=N–C) groups is 1. The van der Waals surface area contributed by atoms with E-state index in [4.69, 9.17) is 11.6 Å². The first kappa shape index (κ1) is 21.5. The van der Waals surface area contributed by atoms with Gasteiger partial charge in [0.05, 0.1) is 6.54 Å². The van der Waals surface area contributed by atoms with Crippen molar-refractivity contribution in [2.45, 2.75) is 32.7 Å². The molecule has 1 atom stereocenters. The number of amides is 1. The normalized spacial score (nSPS) is 12.3. The minimum Gasteiger partial charge on any atom is -0.326 e. The van der Waals surface area contributed by atoms with E-state index in [9.17, 15) is 4.79 Å². The molecule has 0 radical (unpaired) electrons. The highest BCUT2D eigenvalue weighted by atomic mass is 35.5. The molecule has 0 saturated carbocycles. The van der Waals surface area contributed by atoms with E-state index in [-0.39, 0.29) is 5.91 Å². The van der Waals surface area contributed by atoms with E-state index in [0.717, 1.165) is 17.7 Å². The number of benzene rings is 2. The maximum atomic E-state index is 12.7. The van der Waals surface area contributed by atoms with Crippen molar-refractivity contribution in [1.29, 1.82) is 0 Å². The Hall–Kier alpha value is -3.18. The molecule has 0 spiro atoms. The number of guanidine groups is 1. The molecule has 30 heavy (non-hydrogen) atoms. The lowest BCUT2D eigenvalue weighted by atomic mass is 9.99. The molecule has 0 fully saturated rings. The van der Waals surface area contributed by atoms with Crippen LogP contribution in [-0.4, -0.2) is 16.9 Å². The van der Waals surface area contributed by atoms with Crippen molar-refractivity contribution in [3.8, 4) is 0 Å². The summed E-state index contributed by atoms with van der Waals surface area (Å²) < 4.78 is 0. The van der Waals surface area contributed by atoms with E-state index in [0.29, 0.717) is 29.0 Å². The first-order chi connectivity index (χ1) is 14.5. The number of nitrogens with one attached hydrogen (secondary N) is 2. The molecular weight excluding hydrogens is 396 g/mol. The van der Waals surface area contributed by atoms with Crippen LogP contribution < -0.4 is 10.6 Å². The molecule has 1 amide bonds. The third-order valence-corrected chi connectivity index (χ3v) is 5.08. The number of rotatable bonds is 6. The van der Waals surface area contributed by atoms with Crippen molar-refractivity contribution in [3.63, 3.8) is 0 Å². The van der Waals surface area contributed by atoms with Crippen LogP contribution in [0.15, 0.2) is 78.0 Å². The van der Waals surface area contributed by atoms with Crippen LogP contribution in [0.25, 0.3) is 0 Å². The fraction of sp³-hybridized carbons (Fsp3) is 0.208.